The Bertz CT molecular complexity index is 1380. The minimum Gasteiger partial charge on any atom is -0.374 e. The smallest absolute Gasteiger partial charge is 0.271 e. The molecule has 0 spiro atoms. The molecule has 1 fully saturated rings. The van der Waals surface area contributed by atoms with E-state index in [-0.39, 0.29) is 23.4 Å². The first-order valence-corrected chi connectivity index (χ1v) is 12.1. The van der Waals surface area contributed by atoms with Crippen molar-refractivity contribution < 1.29 is 9.59 Å². The van der Waals surface area contributed by atoms with E-state index in [9.17, 15) is 14.4 Å². The van der Waals surface area contributed by atoms with E-state index in [0.29, 0.717) is 30.3 Å². The number of rotatable bonds is 7. The van der Waals surface area contributed by atoms with E-state index in [2.05, 4.69) is 49.0 Å². The van der Waals surface area contributed by atoms with Gasteiger partial charge in [0.15, 0.2) is 0 Å². The van der Waals surface area contributed by atoms with Crippen LogP contribution in [0.5, 0.6) is 0 Å². The molecule has 4 rings (SSSR count). The van der Waals surface area contributed by atoms with Crippen LogP contribution in [0.25, 0.3) is 11.1 Å². The van der Waals surface area contributed by atoms with Crippen LogP contribution in [0.1, 0.15) is 46.8 Å². The third-order valence-electron chi connectivity index (χ3n) is 6.45. The number of hydrogen-bond donors (Lipinski definition) is 3. The van der Waals surface area contributed by atoms with Crippen LogP contribution in [0.3, 0.4) is 0 Å². The lowest BCUT2D eigenvalue weighted by Gasteiger charge is -2.39. The summed E-state index contributed by atoms with van der Waals surface area (Å²) in [6.07, 6.45) is 2.93. The number of nitrogens with one attached hydrogen (secondary N) is 3. The number of likely N-dealkylation sites (tertiary alicyclic amines) is 1. The van der Waals surface area contributed by atoms with Crippen molar-refractivity contribution in [2.75, 3.05) is 23.7 Å². The van der Waals surface area contributed by atoms with E-state index in [4.69, 9.17) is 0 Å². The van der Waals surface area contributed by atoms with Crippen LogP contribution in [0.15, 0.2) is 66.1 Å². The van der Waals surface area contributed by atoms with Crippen molar-refractivity contribution in [2.24, 2.45) is 0 Å². The fourth-order valence-electron chi connectivity index (χ4n) is 4.54. The zero-order valence-corrected chi connectivity index (χ0v) is 21.1. The van der Waals surface area contributed by atoms with E-state index >= 15 is 0 Å². The molecule has 2 aromatic carbocycles. The zero-order chi connectivity index (χ0) is 26.0. The average molecular weight is 485 g/mol. The number of carbonyl (C=O) groups is 2. The molecule has 3 N–H and O–H groups in total. The maximum atomic E-state index is 13.1. The number of H-pyrrole nitrogens is 1. The molecule has 0 atom stereocenters. The van der Waals surface area contributed by atoms with Gasteiger partial charge in [-0.2, -0.15) is 0 Å². The number of amides is 2. The number of aryl methyl sites for hydroxylation is 2. The second-order valence-electron chi connectivity index (χ2n) is 9.69. The predicted octanol–water partition coefficient (Wildman–Crippen LogP) is 4.84. The Balaban J connectivity index is 1.53. The Hall–Kier alpha value is -4.13. The molecule has 0 radical (unpaired) electrons. The summed E-state index contributed by atoms with van der Waals surface area (Å²) in [4.78, 5) is 41.6. The Kier molecular flexibility index (Phi) is 7.10. The Morgan fingerprint density at radius 2 is 1.83 bits per heavy atom. The minimum atomic E-state index is -0.238. The first-order chi connectivity index (χ1) is 17.1. The molecule has 1 aromatic heterocycles. The van der Waals surface area contributed by atoms with Gasteiger partial charge in [0, 0.05) is 36.1 Å². The summed E-state index contributed by atoms with van der Waals surface area (Å²) >= 11 is 0. The van der Waals surface area contributed by atoms with Gasteiger partial charge in [0.25, 0.3) is 11.5 Å². The lowest BCUT2D eigenvalue weighted by molar-refractivity contribution is -0.129. The largest absolute Gasteiger partial charge is 0.374 e. The zero-order valence-electron chi connectivity index (χ0n) is 21.1. The number of aromatic nitrogens is 1. The number of carbonyl (C=O) groups excluding carboxylic acids is 2. The van der Waals surface area contributed by atoms with Gasteiger partial charge >= 0.3 is 0 Å². The molecule has 186 valence electrons. The summed E-state index contributed by atoms with van der Waals surface area (Å²) in [6.45, 7) is 12.8. The second kappa shape index (κ2) is 10.2. The van der Waals surface area contributed by atoms with Gasteiger partial charge in [-0.25, -0.2) is 0 Å². The molecule has 0 aliphatic carbocycles. The lowest BCUT2D eigenvalue weighted by Crippen LogP contribution is -2.56. The lowest BCUT2D eigenvalue weighted by atomic mass is 9.97. The van der Waals surface area contributed by atoms with Crippen molar-refractivity contribution in [1.82, 2.24) is 9.88 Å². The van der Waals surface area contributed by atoms with E-state index in [0.717, 1.165) is 27.9 Å². The van der Waals surface area contributed by atoms with Crippen molar-refractivity contribution in [2.45, 2.75) is 39.7 Å². The normalized spacial score (nSPS) is 13.3. The van der Waals surface area contributed by atoms with Crippen molar-refractivity contribution in [3.8, 4) is 11.1 Å². The molecule has 7 nitrogen and oxygen atoms in total. The SMILES string of the molecule is C=CC(=O)N1CC(Nc2cc(-c3cc(C)cc(C(=O)Nc4ccc(C(C)C)c(C)c4)c3)c[nH]c2=O)C1. The maximum absolute atomic E-state index is 13.1. The molecule has 3 aromatic rings. The number of nitrogens with zero attached hydrogens (tertiary/aromatic N) is 1. The van der Waals surface area contributed by atoms with Crippen molar-refractivity contribution >= 4 is 23.2 Å². The Morgan fingerprint density at radius 1 is 1.08 bits per heavy atom. The monoisotopic (exact) mass is 484 g/mol. The van der Waals surface area contributed by atoms with Crippen LogP contribution in [0.4, 0.5) is 11.4 Å². The van der Waals surface area contributed by atoms with Gasteiger partial charge < -0.3 is 20.5 Å². The summed E-state index contributed by atoms with van der Waals surface area (Å²) < 4.78 is 0. The molecule has 7 heteroatoms. The van der Waals surface area contributed by atoms with Crippen LogP contribution >= 0.6 is 0 Å². The highest BCUT2D eigenvalue weighted by atomic mass is 16.2. The third-order valence-corrected chi connectivity index (χ3v) is 6.45. The summed E-state index contributed by atoms with van der Waals surface area (Å²) in [7, 11) is 0. The molecule has 0 saturated carbocycles. The van der Waals surface area contributed by atoms with E-state index in [1.165, 1.54) is 11.6 Å². The highest BCUT2D eigenvalue weighted by molar-refractivity contribution is 6.05. The van der Waals surface area contributed by atoms with E-state index in [1.807, 2.05) is 37.3 Å². The fraction of sp³-hybridized carbons (Fsp3) is 0.276. The second-order valence-corrected chi connectivity index (χ2v) is 9.69. The molecule has 0 unspecified atom stereocenters. The van der Waals surface area contributed by atoms with E-state index in [1.54, 1.807) is 17.2 Å². The quantitative estimate of drug-likeness (QED) is 0.418. The number of benzene rings is 2. The fourth-order valence-corrected chi connectivity index (χ4v) is 4.54. The molecule has 1 aliphatic heterocycles. The van der Waals surface area contributed by atoms with Gasteiger partial charge in [0.05, 0.1) is 6.04 Å². The molecule has 0 bridgehead atoms. The molecule has 36 heavy (non-hydrogen) atoms. The molecule has 1 aliphatic rings. The van der Waals surface area contributed by atoms with Crippen LogP contribution in [0.2, 0.25) is 0 Å². The van der Waals surface area contributed by atoms with Crippen LogP contribution in [-0.2, 0) is 4.79 Å². The number of pyridine rings is 1. The van der Waals surface area contributed by atoms with Crippen LogP contribution in [0, 0.1) is 13.8 Å². The minimum absolute atomic E-state index is 0.00496. The number of hydrogen-bond acceptors (Lipinski definition) is 4. The summed E-state index contributed by atoms with van der Waals surface area (Å²) in [5.74, 6) is 0.108. The van der Waals surface area contributed by atoms with Crippen LogP contribution < -0.4 is 16.2 Å². The number of aromatic amines is 1. The summed E-state index contributed by atoms with van der Waals surface area (Å²) in [6, 6.07) is 13.4. The standard InChI is InChI=1S/C29H32N4O3/c1-6-27(34)33-15-24(16-33)31-26-13-22(14-30-29(26)36)20-9-18(4)10-21(12-20)28(35)32-23-7-8-25(17(2)3)19(5)11-23/h6-14,17,24,31H,1,15-16H2,2-5H3,(H,30,36)(H,32,35). The highest BCUT2D eigenvalue weighted by Crippen LogP contribution is 2.26. The van der Waals surface area contributed by atoms with E-state index < -0.39 is 0 Å². The van der Waals surface area contributed by atoms with Crippen molar-refractivity contribution in [3.63, 3.8) is 0 Å². The van der Waals surface area contributed by atoms with Crippen molar-refractivity contribution in [1.29, 1.82) is 0 Å². The predicted molar refractivity (Wildman–Crippen MR) is 145 cm³/mol. The van der Waals surface area contributed by atoms with Gasteiger partial charge in [-0.3, -0.25) is 14.4 Å². The molecule has 1 saturated heterocycles. The Morgan fingerprint density at radius 3 is 2.50 bits per heavy atom. The molecule has 2 amide bonds. The molecular weight excluding hydrogens is 452 g/mol. The first-order valence-electron chi connectivity index (χ1n) is 12.1. The van der Waals surface area contributed by atoms with Gasteiger partial charge in [0.1, 0.15) is 5.69 Å². The van der Waals surface area contributed by atoms with Gasteiger partial charge in [-0.05, 0) is 78.4 Å². The number of anilines is 2. The molecule has 2 heterocycles. The summed E-state index contributed by atoms with van der Waals surface area (Å²) in [5, 5.41) is 6.22. The third kappa shape index (κ3) is 5.40. The molecular formula is C29H32N4O3. The average Bonchev–Trinajstić information content (AvgIpc) is 2.81. The highest BCUT2D eigenvalue weighted by Gasteiger charge is 2.29. The summed E-state index contributed by atoms with van der Waals surface area (Å²) in [5.41, 5.74) is 6.42. The van der Waals surface area contributed by atoms with Crippen LogP contribution in [-0.4, -0.2) is 40.8 Å². The maximum Gasteiger partial charge on any atom is 0.271 e. The van der Waals surface area contributed by atoms with Gasteiger partial charge in [-0.1, -0.05) is 32.6 Å². The van der Waals surface area contributed by atoms with Gasteiger partial charge in [0.2, 0.25) is 5.91 Å². The Labute approximate surface area is 211 Å². The van der Waals surface area contributed by atoms with Crippen molar-refractivity contribution in [3.05, 3.63) is 93.9 Å². The van der Waals surface area contributed by atoms with Gasteiger partial charge in [-0.15, -0.1) is 0 Å². The topological polar surface area (TPSA) is 94.3 Å². The first kappa shape index (κ1) is 25.0.